The summed E-state index contributed by atoms with van der Waals surface area (Å²) in [6, 6.07) is 8.98. The topological polar surface area (TPSA) is 114 Å². The molecule has 0 saturated carbocycles. The SMILES string of the molecule is CC(C)(C)OC(=O)N1C[C@@H](F)C[C@H](Nc2ncc3nc(-c4ccc(CS(=O)(=O)Cc5ccc(F)cc5)c(F)c4)cc(C(F)F)c3n2)C1. The molecule has 0 radical (unpaired) electrons. The number of amides is 1. The zero-order valence-electron chi connectivity index (χ0n) is 25.7. The molecule has 0 unspecified atom stereocenters. The predicted molar refractivity (Wildman–Crippen MR) is 165 cm³/mol. The standard InChI is InChI=1S/C32H32F5N5O4S/c1-32(2,3)46-31(43)42-14-22(34)11-23(15-42)39-30-38-13-27-28(41-30)24(29(36)37)12-26(40-27)19-6-7-20(25(35)10-19)17-47(44,45)16-18-4-8-21(33)9-5-18/h4-10,12-13,22-23,29H,11,14-17H2,1-3H3,(H,38,39,41)/t22-,23-/m0/s1. The van der Waals surface area contributed by atoms with Crippen molar-refractivity contribution in [2.45, 2.75) is 62.9 Å². The molecule has 0 bridgehead atoms. The number of halogens is 5. The summed E-state index contributed by atoms with van der Waals surface area (Å²) in [7, 11) is -3.83. The van der Waals surface area contributed by atoms with E-state index >= 15 is 4.39 Å². The molecule has 1 saturated heterocycles. The highest BCUT2D eigenvalue weighted by atomic mass is 32.2. The summed E-state index contributed by atoms with van der Waals surface area (Å²) in [5.74, 6) is -2.52. The van der Waals surface area contributed by atoms with Crippen molar-refractivity contribution < 1.29 is 39.9 Å². The third-order valence-electron chi connectivity index (χ3n) is 7.22. The van der Waals surface area contributed by atoms with Crippen LogP contribution in [0.3, 0.4) is 0 Å². The molecule has 1 aliphatic rings. The lowest BCUT2D eigenvalue weighted by atomic mass is 10.0. The Morgan fingerprint density at radius 3 is 2.43 bits per heavy atom. The van der Waals surface area contributed by atoms with Crippen LogP contribution in [0.25, 0.3) is 22.3 Å². The first-order valence-corrected chi connectivity index (χ1v) is 16.5. The Morgan fingerprint density at radius 2 is 1.77 bits per heavy atom. The van der Waals surface area contributed by atoms with E-state index in [-0.39, 0.29) is 53.3 Å². The molecule has 1 amide bonds. The van der Waals surface area contributed by atoms with Gasteiger partial charge in [-0.2, -0.15) is 0 Å². The van der Waals surface area contributed by atoms with Crippen LogP contribution in [0.5, 0.6) is 0 Å². The van der Waals surface area contributed by atoms with Crippen LogP contribution in [0.15, 0.2) is 54.7 Å². The number of carbonyl (C=O) groups is 1. The molecule has 0 spiro atoms. The van der Waals surface area contributed by atoms with Gasteiger partial charge in [-0.1, -0.05) is 24.3 Å². The molecule has 5 rings (SSSR count). The molecule has 1 fully saturated rings. The second kappa shape index (κ2) is 13.4. The van der Waals surface area contributed by atoms with Crippen molar-refractivity contribution in [3.8, 4) is 11.3 Å². The average Bonchev–Trinajstić information content (AvgIpc) is 2.97. The Balaban J connectivity index is 1.35. The summed E-state index contributed by atoms with van der Waals surface area (Å²) >= 11 is 0. The lowest BCUT2D eigenvalue weighted by Gasteiger charge is -2.36. The van der Waals surface area contributed by atoms with Crippen LogP contribution in [0.4, 0.5) is 32.7 Å². The van der Waals surface area contributed by atoms with E-state index in [0.717, 1.165) is 24.3 Å². The monoisotopic (exact) mass is 677 g/mol. The molecule has 3 heterocycles. The zero-order chi connectivity index (χ0) is 34.1. The maximum absolute atomic E-state index is 15.1. The fraction of sp³-hybridized carbons (Fsp3) is 0.375. The molecule has 47 heavy (non-hydrogen) atoms. The van der Waals surface area contributed by atoms with Gasteiger partial charge < -0.3 is 15.0 Å². The minimum Gasteiger partial charge on any atom is -0.444 e. The van der Waals surface area contributed by atoms with Crippen molar-refractivity contribution in [2.24, 2.45) is 0 Å². The van der Waals surface area contributed by atoms with Gasteiger partial charge in [-0.25, -0.2) is 50.1 Å². The van der Waals surface area contributed by atoms with Gasteiger partial charge in [0.05, 0.1) is 29.9 Å². The van der Waals surface area contributed by atoms with Crippen molar-refractivity contribution in [3.63, 3.8) is 0 Å². The van der Waals surface area contributed by atoms with E-state index in [0.29, 0.717) is 5.56 Å². The number of likely N-dealkylation sites (tertiary alicyclic amines) is 1. The van der Waals surface area contributed by atoms with E-state index in [9.17, 15) is 30.8 Å². The summed E-state index contributed by atoms with van der Waals surface area (Å²) in [6.07, 6.45) is -3.82. The number of fused-ring (bicyclic) bond motifs is 1. The fourth-order valence-electron chi connectivity index (χ4n) is 5.18. The normalized spacial score (nSPS) is 17.3. The highest BCUT2D eigenvalue weighted by Crippen LogP contribution is 2.32. The van der Waals surface area contributed by atoms with Gasteiger partial charge in [0.2, 0.25) is 5.95 Å². The van der Waals surface area contributed by atoms with Crippen LogP contribution in [0.2, 0.25) is 0 Å². The molecule has 2 atom stereocenters. The van der Waals surface area contributed by atoms with E-state index in [1.807, 2.05) is 0 Å². The molecule has 9 nitrogen and oxygen atoms in total. The van der Waals surface area contributed by atoms with Crippen LogP contribution in [-0.4, -0.2) is 65.3 Å². The summed E-state index contributed by atoms with van der Waals surface area (Å²) < 4.78 is 102. The van der Waals surface area contributed by atoms with Crippen molar-refractivity contribution >= 4 is 32.9 Å². The summed E-state index contributed by atoms with van der Waals surface area (Å²) in [6.45, 7) is 5.00. The smallest absolute Gasteiger partial charge is 0.410 e. The quantitative estimate of drug-likeness (QED) is 0.203. The first kappa shape index (κ1) is 33.9. The van der Waals surface area contributed by atoms with E-state index < -0.39 is 68.9 Å². The Kier molecular flexibility index (Phi) is 9.66. The maximum atomic E-state index is 15.1. The highest BCUT2D eigenvalue weighted by molar-refractivity contribution is 7.89. The molecule has 250 valence electrons. The van der Waals surface area contributed by atoms with Gasteiger partial charge in [0.15, 0.2) is 9.84 Å². The van der Waals surface area contributed by atoms with Gasteiger partial charge in [0, 0.05) is 35.7 Å². The number of aromatic nitrogens is 3. The molecule has 1 aliphatic heterocycles. The number of hydrogen-bond acceptors (Lipinski definition) is 8. The fourth-order valence-corrected chi connectivity index (χ4v) is 6.69. The molecule has 4 aromatic rings. The number of sulfone groups is 1. The van der Waals surface area contributed by atoms with Gasteiger partial charge in [-0.05, 0) is 50.6 Å². The molecule has 0 aliphatic carbocycles. The minimum absolute atomic E-state index is 0.0164. The third kappa shape index (κ3) is 8.70. The third-order valence-corrected chi connectivity index (χ3v) is 8.74. The van der Waals surface area contributed by atoms with Gasteiger partial charge in [-0.3, -0.25) is 0 Å². The van der Waals surface area contributed by atoms with Crippen LogP contribution >= 0.6 is 0 Å². The van der Waals surface area contributed by atoms with E-state index in [4.69, 9.17) is 4.74 Å². The van der Waals surface area contributed by atoms with Crippen LogP contribution in [0, 0.1) is 11.6 Å². The highest BCUT2D eigenvalue weighted by Gasteiger charge is 2.33. The average molecular weight is 678 g/mol. The van der Waals surface area contributed by atoms with Crippen LogP contribution in [-0.2, 0) is 26.1 Å². The minimum atomic E-state index is -3.83. The van der Waals surface area contributed by atoms with Crippen LogP contribution in [0.1, 0.15) is 50.3 Å². The molecule has 2 aromatic carbocycles. The molecule has 15 heteroatoms. The Bertz CT molecular complexity index is 1890. The largest absolute Gasteiger partial charge is 0.444 e. The molecule has 1 N–H and O–H groups in total. The lowest BCUT2D eigenvalue weighted by molar-refractivity contribution is 0.0124. The number of carbonyl (C=O) groups excluding carboxylic acids is 1. The second-order valence-electron chi connectivity index (χ2n) is 12.3. The van der Waals surface area contributed by atoms with Gasteiger partial charge >= 0.3 is 6.09 Å². The Morgan fingerprint density at radius 1 is 1.04 bits per heavy atom. The number of rotatable bonds is 8. The Hall–Kier alpha value is -4.40. The van der Waals surface area contributed by atoms with E-state index in [2.05, 4.69) is 20.3 Å². The summed E-state index contributed by atoms with van der Waals surface area (Å²) in [5, 5.41) is 2.91. The van der Waals surface area contributed by atoms with E-state index in [1.54, 1.807) is 20.8 Å². The van der Waals surface area contributed by atoms with Gasteiger partial charge in [-0.15, -0.1) is 0 Å². The maximum Gasteiger partial charge on any atom is 0.410 e. The Labute approximate surface area is 268 Å². The van der Waals surface area contributed by atoms with Crippen molar-refractivity contribution in [1.82, 2.24) is 19.9 Å². The van der Waals surface area contributed by atoms with E-state index in [1.165, 1.54) is 35.4 Å². The summed E-state index contributed by atoms with van der Waals surface area (Å²) in [5.41, 5.74) is -1.17. The predicted octanol–water partition coefficient (Wildman–Crippen LogP) is 6.78. The zero-order valence-corrected chi connectivity index (χ0v) is 26.5. The van der Waals surface area contributed by atoms with Crippen molar-refractivity contribution in [1.29, 1.82) is 0 Å². The number of nitrogens with zero attached hydrogens (tertiary/aromatic N) is 4. The first-order chi connectivity index (χ1) is 22.0. The van der Waals surface area contributed by atoms with Gasteiger partial charge in [0.25, 0.3) is 6.43 Å². The number of hydrogen-bond donors (Lipinski definition) is 1. The second-order valence-corrected chi connectivity index (χ2v) is 14.4. The number of alkyl halides is 3. The molecular weight excluding hydrogens is 645 g/mol. The first-order valence-electron chi connectivity index (χ1n) is 14.6. The number of pyridine rings is 1. The summed E-state index contributed by atoms with van der Waals surface area (Å²) in [4.78, 5) is 26.4. The van der Waals surface area contributed by atoms with Crippen molar-refractivity contribution in [3.05, 3.63) is 83.1 Å². The number of benzene rings is 2. The van der Waals surface area contributed by atoms with Gasteiger partial charge in [0.1, 0.15) is 34.4 Å². The number of anilines is 1. The number of piperidine rings is 1. The lowest BCUT2D eigenvalue weighted by Crippen LogP contribution is -2.51. The van der Waals surface area contributed by atoms with Crippen molar-refractivity contribution in [2.75, 3.05) is 18.4 Å². The van der Waals surface area contributed by atoms with Crippen LogP contribution < -0.4 is 5.32 Å². The number of ether oxygens (including phenoxy) is 1. The molecular formula is C32H32F5N5O4S. The molecule has 2 aromatic heterocycles. The number of nitrogens with one attached hydrogen (secondary N) is 1.